The first-order chi connectivity index (χ1) is 15.9. The third kappa shape index (κ3) is 6.73. The predicted molar refractivity (Wildman–Crippen MR) is 136 cm³/mol. The second-order valence-electron chi connectivity index (χ2n) is 12.3. The summed E-state index contributed by atoms with van der Waals surface area (Å²) in [6.45, 7) is 13.5. The van der Waals surface area contributed by atoms with Crippen molar-refractivity contribution in [2.24, 2.45) is 34.5 Å². The summed E-state index contributed by atoms with van der Waals surface area (Å²) in [6.07, 6.45) is 11.4. The van der Waals surface area contributed by atoms with Crippen molar-refractivity contribution in [3.63, 3.8) is 0 Å². The van der Waals surface area contributed by atoms with Gasteiger partial charge in [0.05, 0.1) is 10.8 Å². The van der Waals surface area contributed by atoms with Crippen LogP contribution in [0.15, 0.2) is 36.4 Å². The number of carbonyl (C=O) groups excluding carboxylic acids is 2. The van der Waals surface area contributed by atoms with Crippen LogP contribution in [0.25, 0.3) is 0 Å². The highest BCUT2D eigenvalue weighted by Gasteiger charge is 2.61. The minimum atomic E-state index is -0.550. The zero-order valence-electron chi connectivity index (χ0n) is 22.2. The molecule has 0 radical (unpaired) electrons. The van der Waals surface area contributed by atoms with E-state index in [9.17, 15) is 9.59 Å². The van der Waals surface area contributed by atoms with E-state index in [1.54, 1.807) is 0 Å². The van der Waals surface area contributed by atoms with Crippen LogP contribution in [0.3, 0.4) is 0 Å². The molecule has 1 aromatic rings. The Kier molecular flexibility index (Phi) is 8.31. The first-order valence-corrected chi connectivity index (χ1v) is 13.1. The SMILES string of the molecule is CCCCC/C=C/C1C2CC(OC(=O)C(C)(C)C)C(Cc3cccc(OC(=O)C(C)(C)C)c3)C12. The molecule has 188 valence electrons. The number of esters is 2. The average Bonchev–Trinajstić information content (AvgIpc) is 3.29. The fourth-order valence-corrected chi connectivity index (χ4v) is 5.06. The zero-order valence-corrected chi connectivity index (χ0v) is 22.2. The normalized spacial score (nSPS) is 26.4. The smallest absolute Gasteiger partial charge is 0.316 e. The number of benzene rings is 1. The van der Waals surface area contributed by atoms with E-state index in [1.165, 1.54) is 19.3 Å². The van der Waals surface area contributed by atoms with Crippen molar-refractivity contribution in [3.8, 4) is 5.75 Å². The summed E-state index contributed by atoms with van der Waals surface area (Å²) in [5.41, 5.74) is 0.0713. The Morgan fingerprint density at radius 2 is 1.74 bits per heavy atom. The van der Waals surface area contributed by atoms with E-state index in [-0.39, 0.29) is 24.0 Å². The number of rotatable bonds is 9. The quantitative estimate of drug-likeness (QED) is 0.167. The van der Waals surface area contributed by atoms with E-state index in [0.29, 0.717) is 23.5 Å². The zero-order chi connectivity index (χ0) is 25.1. The van der Waals surface area contributed by atoms with Crippen molar-refractivity contribution in [3.05, 3.63) is 42.0 Å². The topological polar surface area (TPSA) is 52.6 Å². The molecule has 0 saturated heterocycles. The fourth-order valence-electron chi connectivity index (χ4n) is 5.06. The molecule has 2 fully saturated rings. The van der Waals surface area contributed by atoms with Gasteiger partial charge in [0.2, 0.25) is 0 Å². The molecule has 4 nitrogen and oxygen atoms in total. The third-order valence-electron chi connectivity index (χ3n) is 7.16. The van der Waals surface area contributed by atoms with Gasteiger partial charge < -0.3 is 9.47 Å². The highest BCUT2D eigenvalue weighted by Crippen LogP contribution is 2.62. The Bertz CT molecular complexity index is 886. The van der Waals surface area contributed by atoms with Crippen molar-refractivity contribution < 1.29 is 19.1 Å². The number of carbonyl (C=O) groups is 2. The molecular weight excluding hydrogens is 424 g/mol. The number of ether oxygens (including phenoxy) is 2. The summed E-state index contributed by atoms with van der Waals surface area (Å²) in [5.74, 6) is 2.26. The molecule has 0 spiro atoms. The maximum Gasteiger partial charge on any atom is 0.316 e. The van der Waals surface area contributed by atoms with Crippen LogP contribution in [0.5, 0.6) is 5.75 Å². The molecule has 1 aromatic carbocycles. The molecule has 0 bridgehead atoms. The molecule has 2 saturated carbocycles. The van der Waals surface area contributed by atoms with Gasteiger partial charge >= 0.3 is 11.9 Å². The first-order valence-electron chi connectivity index (χ1n) is 13.1. The molecule has 4 heteroatoms. The lowest BCUT2D eigenvalue weighted by Gasteiger charge is -2.27. The summed E-state index contributed by atoms with van der Waals surface area (Å²) in [6, 6.07) is 7.84. The molecule has 2 aliphatic rings. The molecule has 0 aromatic heterocycles. The highest BCUT2D eigenvalue weighted by molar-refractivity contribution is 5.78. The number of hydrogen-bond donors (Lipinski definition) is 0. The molecule has 0 N–H and O–H groups in total. The molecule has 5 atom stereocenters. The van der Waals surface area contributed by atoms with Gasteiger partial charge in [0.15, 0.2) is 0 Å². The maximum atomic E-state index is 12.7. The number of unbranched alkanes of at least 4 members (excludes halogenated alkanes) is 3. The van der Waals surface area contributed by atoms with E-state index in [2.05, 4.69) is 25.1 Å². The second kappa shape index (κ2) is 10.7. The van der Waals surface area contributed by atoms with Gasteiger partial charge in [0, 0.05) is 5.92 Å². The van der Waals surface area contributed by atoms with Gasteiger partial charge in [0.25, 0.3) is 0 Å². The van der Waals surface area contributed by atoms with E-state index in [4.69, 9.17) is 9.47 Å². The molecule has 3 rings (SSSR count). The Hall–Kier alpha value is -2.10. The lowest BCUT2D eigenvalue weighted by Crippen LogP contribution is -2.33. The second-order valence-corrected chi connectivity index (χ2v) is 12.3. The molecule has 2 aliphatic carbocycles. The Balaban J connectivity index is 1.71. The minimum Gasteiger partial charge on any atom is -0.462 e. The molecular formula is C30H44O4. The van der Waals surface area contributed by atoms with E-state index >= 15 is 0 Å². The van der Waals surface area contributed by atoms with Crippen molar-refractivity contribution in [1.82, 2.24) is 0 Å². The summed E-state index contributed by atoms with van der Waals surface area (Å²) in [4.78, 5) is 25.0. The largest absolute Gasteiger partial charge is 0.462 e. The summed E-state index contributed by atoms with van der Waals surface area (Å²) in [5, 5.41) is 0. The number of allylic oxidation sites excluding steroid dienone is 2. The standard InChI is InChI=1S/C30H44O4/c1-8-9-10-11-12-16-22-23-19-25(34-28(32)30(5,6)7)24(26(22)23)18-20-14-13-15-21(17-20)33-27(31)29(2,3)4/h12-17,22-26H,8-11,18-19H2,1-7H3/b16-12+. The Morgan fingerprint density at radius 1 is 1.03 bits per heavy atom. The summed E-state index contributed by atoms with van der Waals surface area (Å²) >= 11 is 0. The monoisotopic (exact) mass is 468 g/mol. The van der Waals surface area contributed by atoms with Crippen LogP contribution in [-0.2, 0) is 20.7 Å². The van der Waals surface area contributed by atoms with E-state index < -0.39 is 10.8 Å². The van der Waals surface area contributed by atoms with Crippen LogP contribution in [-0.4, -0.2) is 18.0 Å². The fraction of sp³-hybridized carbons (Fsp3) is 0.667. The van der Waals surface area contributed by atoms with Gasteiger partial charge in [-0.1, -0.05) is 44.1 Å². The molecule has 0 aliphatic heterocycles. The highest BCUT2D eigenvalue weighted by atomic mass is 16.5. The van der Waals surface area contributed by atoms with Gasteiger partial charge in [0.1, 0.15) is 11.9 Å². The van der Waals surface area contributed by atoms with Crippen molar-refractivity contribution in [1.29, 1.82) is 0 Å². The van der Waals surface area contributed by atoms with Gasteiger partial charge in [-0.2, -0.15) is 0 Å². The summed E-state index contributed by atoms with van der Waals surface area (Å²) < 4.78 is 11.7. The minimum absolute atomic E-state index is 0.0488. The van der Waals surface area contributed by atoms with Crippen LogP contribution in [0.2, 0.25) is 0 Å². The lowest BCUT2D eigenvalue weighted by atomic mass is 9.89. The molecule has 0 amide bonds. The van der Waals surface area contributed by atoms with Crippen molar-refractivity contribution in [2.45, 2.75) is 93.1 Å². The van der Waals surface area contributed by atoms with Crippen molar-refractivity contribution in [2.75, 3.05) is 0 Å². The molecule has 34 heavy (non-hydrogen) atoms. The average molecular weight is 469 g/mol. The Labute approximate surface area is 206 Å². The third-order valence-corrected chi connectivity index (χ3v) is 7.16. The maximum absolute atomic E-state index is 12.7. The van der Waals surface area contributed by atoms with Crippen molar-refractivity contribution >= 4 is 11.9 Å². The molecule has 5 unspecified atom stereocenters. The Morgan fingerprint density at radius 3 is 2.38 bits per heavy atom. The van der Waals surface area contributed by atoms with Crippen LogP contribution >= 0.6 is 0 Å². The summed E-state index contributed by atoms with van der Waals surface area (Å²) in [7, 11) is 0. The first kappa shape index (κ1) is 26.5. The number of fused-ring (bicyclic) bond motifs is 1. The van der Waals surface area contributed by atoms with Gasteiger partial charge in [-0.25, -0.2) is 0 Å². The van der Waals surface area contributed by atoms with E-state index in [0.717, 1.165) is 24.8 Å². The van der Waals surface area contributed by atoms with Crippen LogP contribution < -0.4 is 4.74 Å². The lowest BCUT2D eigenvalue weighted by molar-refractivity contribution is -0.161. The number of hydrogen-bond acceptors (Lipinski definition) is 4. The molecule has 0 heterocycles. The van der Waals surface area contributed by atoms with Gasteiger partial charge in [-0.3, -0.25) is 9.59 Å². The van der Waals surface area contributed by atoms with E-state index in [1.807, 2.05) is 59.7 Å². The van der Waals surface area contributed by atoms with Crippen LogP contribution in [0.1, 0.15) is 86.1 Å². The van der Waals surface area contributed by atoms with Crippen LogP contribution in [0, 0.1) is 34.5 Å². The van der Waals surface area contributed by atoms with Gasteiger partial charge in [-0.05, 0) is 103 Å². The predicted octanol–water partition coefficient (Wildman–Crippen LogP) is 7.16. The van der Waals surface area contributed by atoms with Crippen LogP contribution in [0.4, 0.5) is 0 Å². The van der Waals surface area contributed by atoms with Gasteiger partial charge in [-0.15, -0.1) is 0 Å².